The van der Waals surface area contributed by atoms with E-state index in [4.69, 9.17) is 19.4 Å². The van der Waals surface area contributed by atoms with E-state index < -0.39 is 0 Å². The number of benzene rings is 9. The van der Waals surface area contributed by atoms with Gasteiger partial charge >= 0.3 is 0 Å². The summed E-state index contributed by atoms with van der Waals surface area (Å²) < 4.78 is 6.75. The molecule has 2 aromatic heterocycles. The van der Waals surface area contributed by atoms with Gasteiger partial charge in [0.2, 0.25) is 0 Å². The van der Waals surface area contributed by atoms with Crippen molar-refractivity contribution in [3.63, 3.8) is 0 Å². The summed E-state index contributed by atoms with van der Waals surface area (Å²) in [5.41, 5.74) is 13.3. The Morgan fingerprint density at radius 3 is 1.85 bits per heavy atom. The van der Waals surface area contributed by atoms with Gasteiger partial charge in [-0.3, -0.25) is 0 Å². The molecular weight excluding hydrogens is 731 g/mol. The van der Waals surface area contributed by atoms with Gasteiger partial charge < -0.3 is 4.42 Å². The SMILES string of the molecule is c1ccc(-c2ccc(-c3nc(-c4cc(C5CCc6cc7ccccc7cc6-c6ccccc65)c5c(c4)oc4ccccc45)nc(-c4cccc5ccccc45)n3)cc2)cc1. The Bertz CT molecular complexity index is 3430. The Balaban J connectivity index is 1.08. The average molecular weight is 768 g/mol. The van der Waals surface area contributed by atoms with Crippen LogP contribution in [0.1, 0.15) is 29.0 Å². The number of hydrogen-bond acceptors (Lipinski definition) is 4. The fourth-order valence-electron chi connectivity index (χ4n) is 9.48. The minimum atomic E-state index is 0.0875. The van der Waals surface area contributed by atoms with E-state index in [9.17, 15) is 0 Å². The van der Waals surface area contributed by atoms with Gasteiger partial charge in [-0.2, -0.15) is 0 Å². The van der Waals surface area contributed by atoms with Gasteiger partial charge in [-0.25, -0.2) is 15.0 Å². The van der Waals surface area contributed by atoms with Gasteiger partial charge in [0.15, 0.2) is 17.5 Å². The fraction of sp³-hybridized carbons (Fsp3) is 0.0536. The highest BCUT2D eigenvalue weighted by molar-refractivity contribution is 6.08. The molecule has 12 rings (SSSR count). The number of furan rings is 1. The molecule has 0 saturated heterocycles. The molecule has 282 valence electrons. The summed E-state index contributed by atoms with van der Waals surface area (Å²) in [4.78, 5) is 15.8. The van der Waals surface area contributed by atoms with Crippen molar-refractivity contribution in [1.29, 1.82) is 0 Å². The minimum absolute atomic E-state index is 0.0875. The highest BCUT2D eigenvalue weighted by atomic mass is 16.3. The zero-order chi connectivity index (χ0) is 39.6. The van der Waals surface area contributed by atoms with Crippen LogP contribution in [-0.4, -0.2) is 15.0 Å². The molecule has 2 heterocycles. The van der Waals surface area contributed by atoms with E-state index in [2.05, 4.69) is 182 Å². The third-order valence-electron chi connectivity index (χ3n) is 12.4. The maximum atomic E-state index is 6.75. The van der Waals surface area contributed by atoms with Crippen molar-refractivity contribution < 1.29 is 4.42 Å². The zero-order valence-corrected chi connectivity index (χ0v) is 32.7. The molecule has 9 aromatic carbocycles. The van der Waals surface area contributed by atoms with Gasteiger partial charge in [-0.1, -0.05) is 170 Å². The number of fused-ring (bicyclic) bond motifs is 8. The van der Waals surface area contributed by atoms with Crippen LogP contribution in [0.5, 0.6) is 0 Å². The largest absolute Gasteiger partial charge is 0.456 e. The number of nitrogens with zero attached hydrogens (tertiary/aromatic N) is 3. The fourth-order valence-corrected chi connectivity index (χ4v) is 9.48. The van der Waals surface area contributed by atoms with Gasteiger partial charge in [-0.05, 0) is 97.6 Å². The second-order valence-corrected chi connectivity index (χ2v) is 15.8. The summed E-state index contributed by atoms with van der Waals surface area (Å²) in [7, 11) is 0. The highest BCUT2D eigenvalue weighted by Gasteiger charge is 2.28. The summed E-state index contributed by atoms with van der Waals surface area (Å²) in [6, 6.07) is 69.1. The quantitative estimate of drug-likeness (QED) is 0.175. The van der Waals surface area contributed by atoms with E-state index in [0.717, 1.165) is 67.8 Å². The van der Waals surface area contributed by atoms with Crippen molar-refractivity contribution in [3.05, 3.63) is 211 Å². The number of rotatable bonds is 5. The molecule has 0 saturated carbocycles. The standard InChI is InChI=1S/C56H37N3O/c1-2-13-35(14-3-1)36-25-27-38(28-26-36)54-57-55(59-56(58-54)47-23-12-18-37-15-6-7-19-43(37)47)42-33-50(53-48-22-10-11-24-51(48)60-52(53)34-42)46-30-29-41-31-39-16-4-5-17-40(39)32-49(41)45-21-9-8-20-44(45)46/h1-28,31-34,46H,29-30H2. The molecule has 0 amide bonds. The lowest BCUT2D eigenvalue weighted by Gasteiger charge is -2.20. The van der Waals surface area contributed by atoms with E-state index in [0.29, 0.717) is 17.5 Å². The van der Waals surface area contributed by atoms with E-state index in [1.807, 2.05) is 12.1 Å². The Hall–Kier alpha value is -7.69. The second kappa shape index (κ2) is 14.0. The maximum absolute atomic E-state index is 6.75. The topological polar surface area (TPSA) is 51.8 Å². The molecule has 4 nitrogen and oxygen atoms in total. The lowest BCUT2D eigenvalue weighted by Crippen LogP contribution is -2.05. The number of aromatic nitrogens is 3. The van der Waals surface area contributed by atoms with Crippen LogP contribution in [0.15, 0.2) is 199 Å². The van der Waals surface area contributed by atoms with E-state index in [-0.39, 0.29) is 5.92 Å². The molecule has 1 unspecified atom stereocenters. The Morgan fingerprint density at radius 2 is 1.00 bits per heavy atom. The molecular formula is C56H37N3O. The number of hydrogen-bond donors (Lipinski definition) is 0. The summed E-state index contributed by atoms with van der Waals surface area (Å²) >= 11 is 0. The van der Waals surface area contributed by atoms with Crippen molar-refractivity contribution in [2.75, 3.05) is 0 Å². The van der Waals surface area contributed by atoms with Gasteiger partial charge in [0.1, 0.15) is 11.2 Å². The molecule has 0 bridgehead atoms. The molecule has 0 aliphatic heterocycles. The van der Waals surface area contributed by atoms with Crippen LogP contribution in [-0.2, 0) is 6.42 Å². The summed E-state index contributed by atoms with van der Waals surface area (Å²) in [5.74, 6) is 1.95. The lowest BCUT2D eigenvalue weighted by atomic mass is 9.83. The smallest absolute Gasteiger partial charge is 0.164 e. The van der Waals surface area contributed by atoms with Gasteiger partial charge in [-0.15, -0.1) is 0 Å². The molecule has 1 aliphatic rings. The van der Waals surface area contributed by atoms with Crippen LogP contribution in [0, 0.1) is 0 Å². The first-order valence-corrected chi connectivity index (χ1v) is 20.7. The highest BCUT2D eigenvalue weighted by Crippen LogP contribution is 2.47. The van der Waals surface area contributed by atoms with Crippen LogP contribution in [0.2, 0.25) is 0 Å². The Labute approximate surface area is 347 Å². The third-order valence-corrected chi connectivity index (χ3v) is 12.4. The van der Waals surface area contributed by atoms with Crippen molar-refractivity contribution >= 4 is 43.5 Å². The van der Waals surface area contributed by atoms with Gasteiger partial charge in [0, 0.05) is 33.4 Å². The average Bonchev–Trinajstić information content (AvgIpc) is 3.62. The molecule has 0 fully saturated rings. The first kappa shape index (κ1) is 34.4. The normalized spacial score (nSPS) is 13.7. The van der Waals surface area contributed by atoms with Crippen molar-refractivity contribution in [3.8, 4) is 56.4 Å². The predicted molar refractivity (Wildman–Crippen MR) is 246 cm³/mol. The molecule has 0 spiro atoms. The molecule has 1 aliphatic carbocycles. The van der Waals surface area contributed by atoms with Gasteiger partial charge in [0.25, 0.3) is 0 Å². The molecule has 4 heteroatoms. The van der Waals surface area contributed by atoms with Crippen molar-refractivity contribution in [1.82, 2.24) is 15.0 Å². The summed E-state index contributed by atoms with van der Waals surface area (Å²) in [6.45, 7) is 0. The molecule has 0 N–H and O–H groups in total. The van der Waals surface area contributed by atoms with Gasteiger partial charge in [0.05, 0.1) is 0 Å². The maximum Gasteiger partial charge on any atom is 0.164 e. The second-order valence-electron chi connectivity index (χ2n) is 15.8. The first-order chi connectivity index (χ1) is 29.7. The van der Waals surface area contributed by atoms with Crippen molar-refractivity contribution in [2.45, 2.75) is 18.8 Å². The lowest BCUT2D eigenvalue weighted by molar-refractivity contribution is 0.667. The van der Waals surface area contributed by atoms with Crippen LogP contribution >= 0.6 is 0 Å². The predicted octanol–water partition coefficient (Wildman–Crippen LogP) is 14.5. The number of aryl methyl sites for hydroxylation is 1. The van der Waals surface area contributed by atoms with E-state index in [1.165, 1.54) is 44.2 Å². The Morgan fingerprint density at radius 1 is 0.383 bits per heavy atom. The number of para-hydroxylation sites is 1. The third kappa shape index (κ3) is 5.79. The molecule has 0 radical (unpaired) electrons. The molecule has 11 aromatic rings. The molecule has 60 heavy (non-hydrogen) atoms. The monoisotopic (exact) mass is 767 g/mol. The zero-order valence-electron chi connectivity index (χ0n) is 32.7. The van der Waals surface area contributed by atoms with Crippen LogP contribution in [0.3, 0.4) is 0 Å². The van der Waals surface area contributed by atoms with Crippen LogP contribution in [0.4, 0.5) is 0 Å². The first-order valence-electron chi connectivity index (χ1n) is 20.7. The molecule has 1 atom stereocenters. The van der Waals surface area contributed by atoms with Crippen LogP contribution < -0.4 is 0 Å². The summed E-state index contributed by atoms with van der Waals surface area (Å²) in [6.07, 6.45) is 1.89. The Kier molecular flexibility index (Phi) is 8.02. The van der Waals surface area contributed by atoms with E-state index >= 15 is 0 Å². The minimum Gasteiger partial charge on any atom is -0.456 e. The van der Waals surface area contributed by atoms with E-state index in [1.54, 1.807) is 0 Å². The van der Waals surface area contributed by atoms with Crippen LogP contribution in [0.25, 0.3) is 99.9 Å². The summed E-state index contributed by atoms with van der Waals surface area (Å²) in [5, 5.41) is 7.03. The van der Waals surface area contributed by atoms with Crippen molar-refractivity contribution in [2.24, 2.45) is 0 Å².